The Morgan fingerprint density at radius 1 is 1.26 bits per heavy atom. The van der Waals surface area contributed by atoms with Gasteiger partial charge >= 0.3 is 0 Å². The van der Waals surface area contributed by atoms with E-state index in [0.717, 1.165) is 42.0 Å². The zero-order chi connectivity index (χ0) is 13.1. The predicted octanol–water partition coefficient (Wildman–Crippen LogP) is 2.50. The Labute approximate surface area is 120 Å². The lowest BCUT2D eigenvalue weighted by molar-refractivity contribution is 0.627. The molecule has 1 aromatic carbocycles. The molecule has 0 fully saturated rings. The van der Waals surface area contributed by atoms with Crippen molar-refractivity contribution in [3.8, 4) is 0 Å². The van der Waals surface area contributed by atoms with Gasteiger partial charge in [-0.2, -0.15) is 0 Å². The number of nitrogens with one attached hydrogen (secondary N) is 2. The third-order valence-electron chi connectivity index (χ3n) is 3.28. The molecule has 0 atom stereocenters. The van der Waals surface area contributed by atoms with Gasteiger partial charge in [-0.15, -0.1) is 0 Å². The van der Waals surface area contributed by atoms with Crippen LogP contribution in [0.2, 0.25) is 0 Å². The second-order valence-corrected chi connectivity index (χ2v) is 5.37. The van der Waals surface area contributed by atoms with E-state index in [9.17, 15) is 0 Å². The highest BCUT2D eigenvalue weighted by molar-refractivity contribution is 9.10. The van der Waals surface area contributed by atoms with Gasteiger partial charge in [0.2, 0.25) is 0 Å². The maximum atomic E-state index is 4.36. The quantitative estimate of drug-likeness (QED) is 0.913. The minimum Gasteiger partial charge on any atom is -0.366 e. The molecule has 0 spiro atoms. The lowest BCUT2D eigenvalue weighted by atomic mass is 10.1. The van der Waals surface area contributed by atoms with Crippen molar-refractivity contribution in [1.82, 2.24) is 15.3 Å². The summed E-state index contributed by atoms with van der Waals surface area (Å²) in [6.45, 7) is 2.59. The number of hydrogen-bond acceptors (Lipinski definition) is 4. The molecule has 19 heavy (non-hydrogen) atoms. The van der Waals surface area contributed by atoms with E-state index < -0.39 is 0 Å². The second-order valence-electron chi connectivity index (χ2n) is 4.52. The third kappa shape index (κ3) is 2.77. The Morgan fingerprint density at radius 3 is 3.05 bits per heavy atom. The first-order valence-corrected chi connectivity index (χ1v) is 7.14. The average molecular weight is 319 g/mol. The van der Waals surface area contributed by atoms with Gasteiger partial charge in [-0.25, -0.2) is 9.97 Å². The summed E-state index contributed by atoms with van der Waals surface area (Å²) >= 11 is 3.56. The summed E-state index contributed by atoms with van der Waals surface area (Å²) in [4.78, 5) is 8.71. The van der Waals surface area contributed by atoms with Crippen LogP contribution in [0.5, 0.6) is 0 Å². The topological polar surface area (TPSA) is 49.8 Å². The van der Waals surface area contributed by atoms with Gasteiger partial charge in [-0.1, -0.05) is 34.1 Å². The Morgan fingerprint density at radius 2 is 2.16 bits per heavy atom. The van der Waals surface area contributed by atoms with E-state index in [-0.39, 0.29) is 0 Å². The molecule has 1 aliphatic rings. The highest BCUT2D eigenvalue weighted by Crippen LogP contribution is 2.21. The lowest BCUT2D eigenvalue weighted by Gasteiger charge is -2.19. The van der Waals surface area contributed by atoms with Crippen LogP contribution in [0.15, 0.2) is 35.1 Å². The minimum atomic E-state index is 0.755. The Hall–Kier alpha value is -1.46. The fourth-order valence-electron chi connectivity index (χ4n) is 2.24. The maximum Gasteiger partial charge on any atom is 0.134 e. The summed E-state index contributed by atoms with van der Waals surface area (Å²) in [6.07, 6.45) is 2.62. The molecule has 98 valence electrons. The van der Waals surface area contributed by atoms with E-state index >= 15 is 0 Å². The summed E-state index contributed by atoms with van der Waals surface area (Å²) in [5.74, 6) is 0.938. The summed E-state index contributed by atoms with van der Waals surface area (Å²) in [5, 5.41) is 6.77. The molecule has 2 heterocycles. The van der Waals surface area contributed by atoms with Crippen molar-refractivity contribution in [3.05, 3.63) is 51.9 Å². The van der Waals surface area contributed by atoms with Crippen molar-refractivity contribution in [3.63, 3.8) is 0 Å². The first-order chi connectivity index (χ1) is 9.34. The van der Waals surface area contributed by atoms with Gasteiger partial charge in [0.25, 0.3) is 0 Å². The molecule has 0 bridgehead atoms. The molecule has 4 nitrogen and oxygen atoms in total. The van der Waals surface area contributed by atoms with Crippen LogP contribution in [0.25, 0.3) is 0 Å². The van der Waals surface area contributed by atoms with Crippen molar-refractivity contribution < 1.29 is 0 Å². The summed E-state index contributed by atoms with van der Waals surface area (Å²) in [5.41, 5.74) is 3.57. The standard InChI is InChI=1S/C14H15BrN4/c15-12-4-2-1-3-10(12)7-17-14-11-8-16-6-5-13(11)18-9-19-14/h1-4,9,16H,5-8H2,(H,17,18,19). The zero-order valence-corrected chi connectivity index (χ0v) is 12.1. The van der Waals surface area contributed by atoms with Gasteiger partial charge in [-0.3, -0.25) is 0 Å². The van der Waals surface area contributed by atoms with E-state index in [1.807, 2.05) is 18.2 Å². The lowest BCUT2D eigenvalue weighted by Crippen LogP contribution is -2.26. The van der Waals surface area contributed by atoms with Crippen molar-refractivity contribution in [2.24, 2.45) is 0 Å². The predicted molar refractivity (Wildman–Crippen MR) is 78.9 cm³/mol. The van der Waals surface area contributed by atoms with Crippen molar-refractivity contribution in [2.45, 2.75) is 19.5 Å². The zero-order valence-electron chi connectivity index (χ0n) is 10.5. The number of anilines is 1. The Bertz CT molecular complexity index is 585. The first-order valence-electron chi connectivity index (χ1n) is 6.35. The van der Waals surface area contributed by atoms with Crippen LogP contribution in [-0.4, -0.2) is 16.5 Å². The molecule has 2 N–H and O–H groups in total. The molecule has 0 unspecified atom stereocenters. The molecular weight excluding hydrogens is 304 g/mol. The normalized spacial score (nSPS) is 13.9. The highest BCUT2D eigenvalue weighted by Gasteiger charge is 2.14. The van der Waals surface area contributed by atoms with E-state index in [0.29, 0.717) is 0 Å². The summed E-state index contributed by atoms with van der Waals surface area (Å²) < 4.78 is 1.11. The number of benzene rings is 1. The van der Waals surface area contributed by atoms with Crippen LogP contribution in [0.4, 0.5) is 5.82 Å². The SMILES string of the molecule is Brc1ccccc1CNc1ncnc2c1CNCC2. The molecule has 2 aromatic rings. The van der Waals surface area contributed by atoms with Gasteiger partial charge in [0.05, 0.1) is 5.69 Å². The van der Waals surface area contributed by atoms with Crippen molar-refractivity contribution in [1.29, 1.82) is 0 Å². The Kier molecular flexibility index (Phi) is 3.75. The van der Waals surface area contributed by atoms with Crippen molar-refractivity contribution >= 4 is 21.7 Å². The second kappa shape index (κ2) is 5.67. The highest BCUT2D eigenvalue weighted by atomic mass is 79.9. The molecule has 0 saturated carbocycles. The molecule has 3 rings (SSSR count). The van der Waals surface area contributed by atoms with E-state index in [1.54, 1.807) is 6.33 Å². The largest absolute Gasteiger partial charge is 0.366 e. The molecular formula is C14H15BrN4. The number of hydrogen-bond donors (Lipinski definition) is 2. The van der Waals surface area contributed by atoms with E-state index in [2.05, 4.69) is 42.6 Å². The average Bonchev–Trinajstić information content (AvgIpc) is 2.46. The van der Waals surface area contributed by atoms with Crippen LogP contribution in [-0.2, 0) is 19.5 Å². The van der Waals surface area contributed by atoms with Crippen molar-refractivity contribution in [2.75, 3.05) is 11.9 Å². The number of fused-ring (bicyclic) bond motifs is 1. The molecule has 1 aromatic heterocycles. The van der Waals surface area contributed by atoms with Gasteiger partial charge in [0.15, 0.2) is 0 Å². The van der Waals surface area contributed by atoms with Crippen LogP contribution in [0.3, 0.4) is 0 Å². The minimum absolute atomic E-state index is 0.755. The molecule has 0 saturated heterocycles. The first kappa shape index (κ1) is 12.6. The monoisotopic (exact) mass is 318 g/mol. The van der Waals surface area contributed by atoms with Crippen LogP contribution >= 0.6 is 15.9 Å². The molecule has 5 heteroatoms. The summed E-state index contributed by atoms with van der Waals surface area (Å²) in [7, 11) is 0. The molecule has 0 aliphatic carbocycles. The van der Waals surface area contributed by atoms with Crippen LogP contribution in [0, 0.1) is 0 Å². The van der Waals surface area contributed by atoms with E-state index in [4.69, 9.17) is 0 Å². The van der Waals surface area contributed by atoms with Gasteiger partial charge in [0, 0.05) is 36.1 Å². The van der Waals surface area contributed by atoms with Gasteiger partial charge in [-0.05, 0) is 11.6 Å². The third-order valence-corrected chi connectivity index (χ3v) is 4.05. The summed E-state index contributed by atoms with van der Waals surface area (Å²) in [6, 6.07) is 8.21. The maximum absolute atomic E-state index is 4.36. The molecule has 0 radical (unpaired) electrons. The van der Waals surface area contributed by atoms with E-state index in [1.165, 1.54) is 11.1 Å². The Balaban J connectivity index is 1.79. The number of aromatic nitrogens is 2. The fourth-order valence-corrected chi connectivity index (χ4v) is 2.67. The van der Waals surface area contributed by atoms with Crippen LogP contribution in [0.1, 0.15) is 16.8 Å². The fraction of sp³-hybridized carbons (Fsp3) is 0.286. The molecule has 1 aliphatic heterocycles. The smallest absolute Gasteiger partial charge is 0.134 e. The number of nitrogens with zero attached hydrogens (tertiary/aromatic N) is 2. The number of rotatable bonds is 3. The number of halogens is 1. The van der Waals surface area contributed by atoms with Crippen LogP contribution < -0.4 is 10.6 Å². The molecule has 0 amide bonds. The van der Waals surface area contributed by atoms with Gasteiger partial charge < -0.3 is 10.6 Å². The van der Waals surface area contributed by atoms with Gasteiger partial charge in [0.1, 0.15) is 12.1 Å².